The molecule has 36 nitrogen and oxygen atoms in total. The number of guanidine groups is 1. The molecule has 2 rings (SSSR count). The van der Waals surface area contributed by atoms with Crippen LogP contribution in [-0.4, -0.2) is 231 Å². The maximum Gasteiger partial charge on any atom is 0.326 e. The largest absolute Gasteiger partial charge is 0.508 e. The number of nitrogens with two attached hydrogens (primary N) is 4. The smallest absolute Gasteiger partial charge is 0.326 e. The number of rotatable bonds is 43. The number of aromatic hydroxyl groups is 1. The summed E-state index contributed by atoms with van der Waals surface area (Å²) in [7, 11) is 0. The standard InChI is InChI=1S/C62H103N17O19/c1-30(2)24-40(74-59(95)48(32(5)6)77-51(87)33(7)64)54(90)70-38(14-10-11-21-63)53(89)72-43(27-47(85)86)52(88)69-29-46(84)79-23-13-16-44(79)57(93)73-41(25-31(3)4)56(92)78-49(34(8)80)58(94)68-28-45(83)76-50(35(9)81)60(96)75-42(26-36-17-19-37(82)20-18-36)55(91)71-39(61(97)98)15-12-22-67-62(65)66/h17-20,30-35,38-44,48-50,80-82H,10-16,21-29,63-64H2,1-9H3,(H,68,94)(H,69,88)(H,70,90)(H,71,91)(H,72,89)(H,73,93)(H,74,95)(H,75,96)(H,76,83)(H,77,87)(H,78,92)(H,85,86)(H,97,98)(H4,65,66,67)/t33-,34+,35+,38-,39-,40-,41-,42-,43-,44-,48-,49-,50-/m0/s1. The minimum atomic E-state index is -1.82. The van der Waals surface area contributed by atoms with E-state index in [2.05, 4.69) is 63.5 Å². The van der Waals surface area contributed by atoms with E-state index >= 15 is 0 Å². The second-order valence-corrected chi connectivity index (χ2v) is 25.4. The number of aliphatic carboxylic acids is 2. The molecule has 1 heterocycles. The topological polar surface area (TPSA) is 592 Å². The van der Waals surface area contributed by atoms with E-state index in [0.717, 1.165) is 18.7 Å². The van der Waals surface area contributed by atoms with Crippen molar-refractivity contribution in [1.29, 1.82) is 0 Å². The summed E-state index contributed by atoms with van der Waals surface area (Å²) in [6, 6.07) is -10.2. The molecule has 0 aromatic heterocycles. The number of aliphatic hydroxyl groups excluding tert-OH is 2. The van der Waals surface area contributed by atoms with Gasteiger partial charge in [-0.25, -0.2) is 4.79 Å². The highest BCUT2D eigenvalue weighted by molar-refractivity contribution is 6.00. The summed E-state index contributed by atoms with van der Waals surface area (Å²) >= 11 is 0. The van der Waals surface area contributed by atoms with Gasteiger partial charge in [0, 0.05) is 19.5 Å². The number of likely N-dealkylation sites (tertiary alicyclic amines) is 1. The highest BCUT2D eigenvalue weighted by atomic mass is 16.4. The SMILES string of the molecule is CC(C)C[C@H](NC(=O)[C@@H](NC(=O)[C@H](C)N)C(C)C)C(=O)N[C@@H](CCCCN)C(=O)N[C@@H](CC(=O)O)C(=O)NCC(=O)N1CCC[C@H]1C(=O)N[C@@H](CC(C)C)C(=O)N[C@H](C(=O)NCC(=O)N[C@H](C(=O)N[C@@H](Cc1ccc(O)cc1)C(=O)N[C@@H](CCCN=C(N)N)C(=O)O)[C@@H](C)O)[C@@H](C)O. The lowest BCUT2D eigenvalue weighted by Gasteiger charge is -2.29. The van der Waals surface area contributed by atoms with Gasteiger partial charge in [0.05, 0.1) is 37.8 Å². The Morgan fingerprint density at radius 3 is 1.58 bits per heavy atom. The van der Waals surface area contributed by atoms with Crippen LogP contribution in [0.5, 0.6) is 5.75 Å². The lowest BCUT2D eigenvalue weighted by Crippen LogP contribution is -2.61. The molecule has 0 radical (unpaired) electrons. The molecule has 1 aromatic carbocycles. The van der Waals surface area contributed by atoms with Crippen LogP contribution >= 0.6 is 0 Å². The molecule has 0 unspecified atom stereocenters. The van der Waals surface area contributed by atoms with E-state index < -0.39 is 187 Å². The molecule has 0 spiro atoms. The minimum absolute atomic E-state index is 0.0101. The third-order valence-corrected chi connectivity index (χ3v) is 15.4. The fourth-order valence-corrected chi connectivity index (χ4v) is 10.1. The third kappa shape index (κ3) is 30.4. The molecule has 0 bridgehead atoms. The molecular weight excluding hydrogens is 1290 g/mol. The number of nitrogens with zero attached hydrogens (tertiary/aromatic N) is 2. The van der Waals surface area contributed by atoms with Gasteiger partial charge in [0.15, 0.2) is 5.96 Å². The van der Waals surface area contributed by atoms with Crippen molar-refractivity contribution in [1.82, 2.24) is 63.4 Å². The van der Waals surface area contributed by atoms with Gasteiger partial charge in [0.25, 0.3) is 0 Å². The van der Waals surface area contributed by atoms with Crippen molar-refractivity contribution in [3.8, 4) is 5.75 Å². The molecule has 550 valence electrons. The zero-order valence-electron chi connectivity index (χ0n) is 57.0. The van der Waals surface area contributed by atoms with Crippen LogP contribution in [-0.2, 0) is 73.5 Å². The van der Waals surface area contributed by atoms with Crippen LogP contribution in [0.4, 0.5) is 0 Å². The van der Waals surface area contributed by atoms with Crippen molar-refractivity contribution in [2.45, 2.75) is 212 Å². The molecule has 98 heavy (non-hydrogen) atoms. The number of amides is 12. The Bertz CT molecular complexity index is 2930. The van der Waals surface area contributed by atoms with E-state index in [-0.39, 0.29) is 101 Å². The average Bonchev–Trinajstić information content (AvgIpc) is 1.81. The molecule has 1 fully saturated rings. The Morgan fingerprint density at radius 1 is 0.551 bits per heavy atom. The van der Waals surface area contributed by atoms with E-state index in [1.54, 1.807) is 41.5 Å². The Kier molecular flexibility index (Phi) is 36.7. The van der Waals surface area contributed by atoms with Crippen molar-refractivity contribution in [3.05, 3.63) is 29.8 Å². The van der Waals surface area contributed by atoms with Gasteiger partial charge in [0.1, 0.15) is 66.2 Å². The van der Waals surface area contributed by atoms with Gasteiger partial charge in [-0.15, -0.1) is 0 Å². The van der Waals surface area contributed by atoms with Crippen LogP contribution in [0, 0.1) is 17.8 Å². The van der Waals surface area contributed by atoms with Gasteiger partial charge < -0.3 is 112 Å². The van der Waals surface area contributed by atoms with Crippen LogP contribution in [0.1, 0.15) is 132 Å². The molecule has 36 heteroatoms. The maximum atomic E-state index is 14.0. The monoisotopic (exact) mass is 1390 g/mol. The highest BCUT2D eigenvalue weighted by Crippen LogP contribution is 2.20. The van der Waals surface area contributed by atoms with Crippen molar-refractivity contribution >= 4 is 88.8 Å². The molecule has 24 N–H and O–H groups in total. The van der Waals surface area contributed by atoms with Crippen molar-refractivity contribution < 1.29 is 92.7 Å². The Labute approximate surface area is 568 Å². The van der Waals surface area contributed by atoms with Crippen LogP contribution in [0.25, 0.3) is 0 Å². The first-order chi connectivity index (χ1) is 45.9. The van der Waals surface area contributed by atoms with Crippen molar-refractivity contribution in [2.75, 3.05) is 32.7 Å². The van der Waals surface area contributed by atoms with E-state index in [4.69, 9.17) is 22.9 Å². The van der Waals surface area contributed by atoms with Crippen LogP contribution in [0.2, 0.25) is 0 Å². The number of benzene rings is 1. The summed E-state index contributed by atoms with van der Waals surface area (Å²) in [6.45, 7) is 12.5. The lowest BCUT2D eigenvalue weighted by atomic mass is 9.99. The van der Waals surface area contributed by atoms with Gasteiger partial charge in [-0.05, 0) is 121 Å². The molecule has 12 amide bonds. The molecule has 1 aromatic rings. The van der Waals surface area contributed by atoms with E-state index in [9.17, 15) is 92.7 Å². The molecule has 0 saturated carbocycles. The normalized spacial score (nSPS) is 16.4. The highest BCUT2D eigenvalue weighted by Gasteiger charge is 2.40. The zero-order valence-corrected chi connectivity index (χ0v) is 57.0. The number of carbonyl (C=O) groups excluding carboxylic acids is 12. The fourth-order valence-electron chi connectivity index (χ4n) is 10.1. The number of phenols is 1. The lowest BCUT2D eigenvalue weighted by molar-refractivity contribution is -0.143. The Balaban J connectivity index is 2.23. The first kappa shape index (κ1) is 84.8. The summed E-state index contributed by atoms with van der Waals surface area (Å²) in [5.41, 5.74) is 22.5. The molecular formula is C62H103N17O19. The van der Waals surface area contributed by atoms with Gasteiger partial charge in [0.2, 0.25) is 70.9 Å². The fraction of sp³-hybridized carbons (Fsp3) is 0.661. The number of hydrogen-bond acceptors (Lipinski definition) is 20. The average molecular weight is 1390 g/mol. The maximum absolute atomic E-state index is 14.0. The minimum Gasteiger partial charge on any atom is -0.508 e. The third-order valence-electron chi connectivity index (χ3n) is 15.4. The zero-order chi connectivity index (χ0) is 74.3. The van der Waals surface area contributed by atoms with Gasteiger partial charge >= 0.3 is 11.9 Å². The van der Waals surface area contributed by atoms with Crippen molar-refractivity contribution in [2.24, 2.45) is 45.7 Å². The second-order valence-electron chi connectivity index (χ2n) is 25.4. The van der Waals surface area contributed by atoms with Gasteiger partial charge in [-0.3, -0.25) is 67.3 Å². The summed E-state index contributed by atoms with van der Waals surface area (Å²) < 4.78 is 0. The number of carbonyl (C=O) groups is 14. The first-order valence-electron chi connectivity index (χ1n) is 32.5. The number of aliphatic imine (C=N–C) groups is 1. The number of unbranched alkanes of at least 4 members (excludes halogenated alkanes) is 1. The quantitative estimate of drug-likeness (QED) is 0.0164. The number of hydrogen-bond donors (Lipinski definition) is 20. The van der Waals surface area contributed by atoms with E-state index in [0.29, 0.717) is 12.0 Å². The van der Waals surface area contributed by atoms with E-state index in [1.165, 1.54) is 31.2 Å². The number of carboxylic acids is 2. The molecule has 1 aliphatic rings. The summed E-state index contributed by atoms with van der Waals surface area (Å²) in [4.78, 5) is 193. The summed E-state index contributed by atoms with van der Waals surface area (Å²) in [6.07, 6.45) is -3.53. The van der Waals surface area contributed by atoms with Crippen LogP contribution in [0.3, 0.4) is 0 Å². The van der Waals surface area contributed by atoms with Crippen molar-refractivity contribution in [3.63, 3.8) is 0 Å². The summed E-state index contributed by atoms with van der Waals surface area (Å²) in [5, 5.41) is 77.5. The number of nitrogens with one attached hydrogen (secondary N) is 11. The van der Waals surface area contributed by atoms with Gasteiger partial charge in [-0.1, -0.05) is 53.7 Å². The molecule has 1 aliphatic heterocycles. The van der Waals surface area contributed by atoms with Crippen LogP contribution in [0.15, 0.2) is 29.3 Å². The second kappa shape index (κ2) is 42.4. The predicted molar refractivity (Wildman–Crippen MR) is 353 cm³/mol. The van der Waals surface area contributed by atoms with E-state index in [1.807, 2.05) is 0 Å². The van der Waals surface area contributed by atoms with Gasteiger partial charge in [-0.2, -0.15) is 0 Å². The Hall–Kier alpha value is -9.29. The van der Waals surface area contributed by atoms with Crippen LogP contribution < -0.4 is 81.4 Å². The molecule has 13 atom stereocenters. The number of aliphatic hydroxyl groups is 2. The number of phenolic OH excluding ortho intramolecular Hbond substituents is 1. The molecule has 0 aliphatic carbocycles. The Morgan fingerprint density at radius 2 is 1.04 bits per heavy atom. The predicted octanol–water partition coefficient (Wildman–Crippen LogP) is -5.88. The number of carboxylic acid groups (broad SMARTS) is 2. The first-order valence-corrected chi connectivity index (χ1v) is 32.5. The summed E-state index contributed by atoms with van der Waals surface area (Å²) in [5.74, 6) is -15.4. The molecule has 1 saturated heterocycles.